The number of benzene rings is 1. The van der Waals surface area contributed by atoms with Crippen LogP contribution in [0.4, 0.5) is 0 Å². The Morgan fingerprint density at radius 1 is 1.10 bits per heavy atom. The number of nitrogens with one attached hydrogen (secondary N) is 1. The minimum Gasteiger partial charge on any atom is -0.310 e. The van der Waals surface area contributed by atoms with Crippen molar-refractivity contribution in [1.29, 1.82) is 0 Å². The molecule has 0 radical (unpaired) electrons. The number of hydrogen-bond donors (Lipinski definition) is 1. The molecule has 106 valence electrons. The van der Waals surface area contributed by atoms with Crippen LogP contribution >= 0.6 is 11.8 Å². The van der Waals surface area contributed by atoms with Crippen LogP contribution in [0, 0.1) is 13.8 Å². The summed E-state index contributed by atoms with van der Waals surface area (Å²) in [5.74, 6) is 0. The molecule has 2 aromatic rings. The van der Waals surface area contributed by atoms with Crippen molar-refractivity contribution in [1.82, 2.24) is 15.3 Å². The lowest BCUT2D eigenvalue weighted by Gasteiger charge is -2.12. The van der Waals surface area contributed by atoms with Gasteiger partial charge >= 0.3 is 0 Å². The Balaban J connectivity index is 2.19. The number of aromatic nitrogens is 2. The first-order chi connectivity index (χ1) is 9.54. The fourth-order valence-corrected chi connectivity index (χ4v) is 2.60. The summed E-state index contributed by atoms with van der Waals surface area (Å²) < 4.78 is 0. The van der Waals surface area contributed by atoms with E-state index in [1.54, 1.807) is 11.8 Å². The van der Waals surface area contributed by atoms with Crippen molar-refractivity contribution in [3.8, 4) is 0 Å². The maximum atomic E-state index is 4.36. The van der Waals surface area contributed by atoms with Gasteiger partial charge in [-0.05, 0) is 42.8 Å². The van der Waals surface area contributed by atoms with Gasteiger partial charge in [0.1, 0.15) is 0 Å². The van der Waals surface area contributed by atoms with Crippen LogP contribution in [0.5, 0.6) is 0 Å². The van der Waals surface area contributed by atoms with E-state index in [-0.39, 0.29) is 0 Å². The second-order valence-corrected chi connectivity index (χ2v) is 6.30. The fraction of sp³-hybridized carbons (Fsp3) is 0.375. The highest BCUT2D eigenvalue weighted by atomic mass is 32.2. The standard InChI is InChI=1S/C16H21N3S/c1-11(2)17-10-14-7-12(3)5-6-15(14)20-16-18-8-13(4)9-19-16/h5-9,11,17H,10H2,1-4H3. The van der Waals surface area contributed by atoms with Gasteiger partial charge in [0.25, 0.3) is 0 Å². The molecule has 1 N–H and O–H groups in total. The third-order valence-corrected chi connectivity index (χ3v) is 3.89. The molecule has 0 unspecified atom stereocenters. The molecule has 0 aliphatic rings. The van der Waals surface area contributed by atoms with Crippen molar-refractivity contribution in [2.24, 2.45) is 0 Å². The average molecular weight is 287 g/mol. The first-order valence-corrected chi connectivity index (χ1v) is 7.65. The van der Waals surface area contributed by atoms with E-state index in [0.29, 0.717) is 6.04 Å². The van der Waals surface area contributed by atoms with Crippen LogP contribution in [0.1, 0.15) is 30.5 Å². The van der Waals surface area contributed by atoms with E-state index in [4.69, 9.17) is 0 Å². The molecule has 0 fully saturated rings. The molecule has 0 aliphatic carbocycles. The Kier molecular flexibility index (Phi) is 5.15. The van der Waals surface area contributed by atoms with Crippen LogP contribution in [0.2, 0.25) is 0 Å². The van der Waals surface area contributed by atoms with E-state index in [1.165, 1.54) is 16.0 Å². The van der Waals surface area contributed by atoms with Crippen LogP contribution in [0.25, 0.3) is 0 Å². The predicted octanol–water partition coefficient (Wildman–Crippen LogP) is 3.74. The summed E-state index contributed by atoms with van der Waals surface area (Å²) >= 11 is 1.62. The minimum atomic E-state index is 0.476. The van der Waals surface area contributed by atoms with Crippen LogP contribution in [0.15, 0.2) is 40.6 Å². The monoisotopic (exact) mass is 287 g/mol. The highest BCUT2D eigenvalue weighted by Crippen LogP contribution is 2.28. The zero-order valence-electron chi connectivity index (χ0n) is 12.5. The largest absolute Gasteiger partial charge is 0.310 e. The average Bonchev–Trinajstić information content (AvgIpc) is 2.41. The summed E-state index contributed by atoms with van der Waals surface area (Å²) in [5.41, 5.74) is 3.66. The normalized spacial score (nSPS) is 11.1. The number of rotatable bonds is 5. The molecule has 0 aliphatic heterocycles. The highest BCUT2D eigenvalue weighted by Gasteiger charge is 2.07. The van der Waals surface area contributed by atoms with Crippen molar-refractivity contribution >= 4 is 11.8 Å². The minimum absolute atomic E-state index is 0.476. The Hall–Kier alpha value is -1.39. The Morgan fingerprint density at radius 2 is 1.80 bits per heavy atom. The maximum Gasteiger partial charge on any atom is 0.192 e. The topological polar surface area (TPSA) is 37.8 Å². The summed E-state index contributed by atoms with van der Waals surface area (Å²) in [6.07, 6.45) is 3.71. The molecule has 0 bridgehead atoms. The third kappa shape index (κ3) is 4.32. The van der Waals surface area contributed by atoms with Gasteiger partial charge < -0.3 is 5.32 Å². The van der Waals surface area contributed by atoms with Crippen molar-refractivity contribution in [3.05, 3.63) is 47.3 Å². The van der Waals surface area contributed by atoms with E-state index >= 15 is 0 Å². The molecule has 4 heteroatoms. The zero-order valence-corrected chi connectivity index (χ0v) is 13.3. The van der Waals surface area contributed by atoms with Crippen molar-refractivity contribution in [3.63, 3.8) is 0 Å². The van der Waals surface area contributed by atoms with E-state index in [1.807, 2.05) is 19.3 Å². The third-order valence-electron chi connectivity index (χ3n) is 2.88. The van der Waals surface area contributed by atoms with Crippen molar-refractivity contribution in [2.45, 2.75) is 50.3 Å². The van der Waals surface area contributed by atoms with Gasteiger partial charge in [-0.3, -0.25) is 0 Å². The van der Waals surface area contributed by atoms with E-state index in [2.05, 4.69) is 54.3 Å². The molecular weight excluding hydrogens is 266 g/mol. The molecule has 1 aromatic heterocycles. The van der Waals surface area contributed by atoms with Gasteiger partial charge in [0.05, 0.1) is 0 Å². The molecule has 0 saturated heterocycles. The predicted molar refractivity (Wildman–Crippen MR) is 84.0 cm³/mol. The summed E-state index contributed by atoms with van der Waals surface area (Å²) in [4.78, 5) is 9.94. The van der Waals surface area contributed by atoms with Gasteiger partial charge in [0.15, 0.2) is 5.16 Å². The number of hydrogen-bond acceptors (Lipinski definition) is 4. The number of nitrogens with zero attached hydrogens (tertiary/aromatic N) is 2. The summed E-state index contributed by atoms with van der Waals surface area (Å²) in [6, 6.07) is 6.99. The maximum absolute atomic E-state index is 4.36. The molecular formula is C16H21N3S. The van der Waals surface area contributed by atoms with Gasteiger partial charge in [-0.15, -0.1) is 0 Å². The lowest BCUT2D eigenvalue weighted by molar-refractivity contribution is 0.584. The first-order valence-electron chi connectivity index (χ1n) is 6.84. The van der Waals surface area contributed by atoms with E-state index in [0.717, 1.165) is 17.3 Å². The lowest BCUT2D eigenvalue weighted by Crippen LogP contribution is -2.22. The van der Waals surface area contributed by atoms with Gasteiger partial charge in [0.2, 0.25) is 0 Å². The van der Waals surface area contributed by atoms with Crippen LogP contribution in [-0.2, 0) is 6.54 Å². The second-order valence-electron chi connectivity index (χ2n) is 5.29. The Labute approximate surface area is 125 Å². The lowest BCUT2D eigenvalue weighted by atomic mass is 10.1. The Morgan fingerprint density at radius 3 is 2.45 bits per heavy atom. The van der Waals surface area contributed by atoms with Gasteiger partial charge in [-0.25, -0.2) is 9.97 Å². The quantitative estimate of drug-likeness (QED) is 0.850. The SMILES string of the molecule is Cc1cnc(Sc2ccc(C)cc2CNC(C)C)nc1. The van der Waals surface area contributed by atoms with Crippen LogP contribution in [0.3, 0.4) is 0 Å². The second kappa shape index (κ2) is 6.86. The molecule has 1 aromatic carbocycles. The van der Waals surface area contributed by atoms with E-state index in [9.17, 15) is 0 Å². The van der Waals surface area contributed by atoms with Gasteiger partial charge in [-0.1, -0.05) is 31.5 Å². The highest BCUT2D eigenvalue weighted by molar-refractivity contribution is 7.99. The summed E-state index contributed by atoms with van der Waals surface area (Å²) in [5, 5.41) is 4.27. The fourth-order valence-electron chi connectivity index (χ4n) is 1.79. The summed E-state index contributed by atoms with van der Waals surface area (Å²) in [7, 11) is 0. The molecule has 1 heterocycles. The Bertz CT molecular complexity index is 564. The molecule has 2 rings (SSSR count). The number of aryl methyl sites for hydroxylation is 2. The summed E-state index contributed by atoms with van der Waals surface area (Å²) in [6.45, 7) is 9.30. The molecule has 3 nitrogen and oxygen atoms in total. The van der Waals surface area contributed by atoms with Crippen molar-refractivity contribution in [2.75, 3.05) is 0 Å². The molecule has 0 amide bonds. The molecule has 0 saturated carbocycles. The molecule has 20 heavy (non-hydrogen) atoms. The zero-order chi connectivity index (χ0) is 14.5. The van der Waals surface area contributed by atoms with Crippen LogP contribution in [-0.4, -0.2) is 16.0 Å². The smallest absolute Gasteiger partial charge is 0.192 e. The van der Waals surface area contributed by atoms with E-state index < -0.39 is 0 Å². The van der Waals surface area contributed by atoms with Gasteiger partial charge in [0, 0.05) is 29.9 Å². The van der Waals surface area contributed by atoms with Crippen LogP contribution < -0.4 is 5.32 Å². The molecule has 0 spiro atoms. The van der Waals surface area contributed by atoms with Crippen molar-refractivity contribution < 1.29 is 0 Å². The van der Waals surface area contributed by atoms with Gasteiger partial charge in [-0.2, -0.15) is 0 Å². The first kappa shape index (κ1) is 15.0. The molecule has 0 atom stereocenters.